The van der Waals surface area contributed by atoms with Gasteiger partial charge in [0.2, 0.25) is 0 Å². The molecule has 0 aliphatic rings. The highest BCUT2D eigenvalue weighted by Gasteiger charge is 2.14. The zero-order valence-electron chi connectivity index (χ0n) is 24.0. The molecule has 0 radical (unpaired) electrons. The van der Waals surface area contributed by atoms with Crippen LogP contribution < -0.4 is 0 Å². The van der Waals surface area contributed by atoms with E-state index in [4.69, 9.17) is 9.84 Å². The number of carboxylic acids is 1. The van der Waals surface area contributed by atoms with Crippen molar-refractivity contribution in [2.45, 2.75) is 148 Å². The molecule has 4 nitrogen and oxygen atoms in total. The van der Waals surface area contributed by atoms with E-state index < -0.39 is 5.97 Å². The lowest BCUT2D eigenvalue weighted by Crippen LogP contribution is -2.18. The molecular formula is C33H56O4. The van der Waals surface area contributed by atoms with Gasteiger partial charge in [-0.3, -0.25) is 9.59 Å². The third kappa shape index (κ3) is 28.3. The Hall–Kier alpha value is -2.10. The Bertz CT molecular complexity index is 645. The van der Waals surface area contributed by atoms with Crippen LogP contribution in [0.1, 0.15) is 142 Å². The van der Waals surface area contributed by atoms with Crippen LogP contribution in [0, 0.1) is 0 Å². The first-order valence-corrected chi connectivity index (χ1v) is 15.1. The van der Waals surface area contributed by atoms with E-state index in [0.717, 1.165) is 57.8 Å². The van der Waals surface area contributed by atoms with Crippen molar-refractivity contribution in [2.75, 3.05) is 0 Å². The third-order valence-corrected chi connectivity index (χ3v) is 6.32. The van der Waals surface area contributed by atoms with Crippen LogP contribution >= 0.6 is 0 Å². The first-order chi connectivity index (χ1) is 18.1. The maximum Gasteiger partial charge on any atom is 0.306 e. The van der Waals surface area contributed by atoms with E-state index >= 15 is 0 Å². The molecule has 0 heterocycles. The van der Waals surface area contributed by atoms with Crippen molar-refractivity contribution < 1.29 is 19.4 Å². The third-order valence-electron chi connectivity index (χ3n) is 6.32. The van der Waals surface area contributed by atoms with Gasteiger partial charge in [0.1, 0.15) is 6.10 Å². The summed E-state index contributed by atoms with van der Waals surface area (Å²) in [6.07, 6.45) is 37.5. The van der Waals surface area contributed by atoms with Gasteiger partial charge in [0.15, 0.2) is 0 Å². The summed E-state index contributed by atoms with van der Waals surface area (Å²) in [5, 5.41) is 8.81. The van der Waals surface area contributed by atoms with Gasteiger partial charge in [-0.2, -0.15) is 0 Å². The number of hydrogen-bond donors (Lipinski definition) is 1. The molecule has 0 rings (SSSR count). The maximum absolute atomic E-state index is 12.2. The maximum atomic E-state index is 12.2. The smallest absolute Gasteiger partial charge is 0.306 e. The van der Waals surface area contributed by atoms with Crippen LogP contribution in [0.5, 0.6) is 0 Å². The van der Waals surface area contributed by atoms with E-state index in [9.17, 15) is 9.59 Å². The predicted octanol–water partition coefficient (Wildman–Crippen LogP) is 10.0. The van der Waals surface area contributed by atoms with E-state index in [1.165, 1.54) is 44.9 Å². The van der Waals surface area contributed by atoms with Crippen molar-refractivity contribution in [1.29, 1.82) is 0 Å². The van der Waals surface area contributed by atoms with Crippen molar-refractivity contribution in [2.24, 2.45) is 0 Å². The Morgan fingerprint density at radius 2 is 1.14 bits per heavy atom. The number of carbonyl (C=O) groups is 2. The fourth-order valence-corrected chi connectivity index (χ4v) is 4.11. The van der Waals surface area contributed by atoms with Gasteiger partial charge in [-0.05, 0) is 64.2 Å². The van der Waals surface area contributed by atoms with E-state index in [1.807, 2.05) is 0 Å². The molecule has 4 heteroatoms. The average Bonchev–Trinajstić information content (AvgIpc) is 2.87. The summed E-state index contributed by atoms with van der Waals surface area (Å²) < 4.78 is 5.63. The summed E-state index contributed by atoms with van der Waals surface area (Å²) in [5.74, 6) is -0.904. The molecule has 0 aromatic rings. The van der Waals surface area contributed by atoms with Crippen LogP contribution in [0.2, 0.25) is 0 Å². The molecule has 0 bridgehead atoms. The van der Waals surface area contributed by atoms with Crippen molar-refractivity contribution in [1.82, 2.24) is 0 Å². The number of allylic oxidation sites excluding steroid dienone is 8. The molecule has 0 aliphatic heterocycles. The number of esters is 1. The molecule has 1 atom stereocenters. The highest BCUT2D eigenvalue weighted by Crippen LogP contribution is 2.15. The van der Waals surface area contributed by atoms with Gasteiger partial charge in [-0.25, -0.2) is 0 Å². The van der Waals surface area contributed by atoms with Gasteiger partial charge in [0.05, 0.1) is 0 Å². The molecule has 0 amide bonds. The molecular weight excluding hydrogens is 460 g/mol. The molecule has 1 N–H and O–H groups in total. The molecule has 0 aromatic carbocycles. The number of rotatable bonds is 26. The second-order valence-electron chi connectivity index (χ2n) is 9.91. The van der Waals surface area contributed by atoms with Crippen molar-refractivity contribution in [3.8, 4) is 0 Å². The quantitative estimate of drug-likeness (QED) is 0.0705. The van der Waals surface area contributed by atoms with Crippen molar-refractivity contribution in [3.05, 3.63) is 48.6 Å². The molecule has 0 spiro atoms. The SMILES string of the molecule is CC/C=C\C/C=C\C/C=C\C/C=C\CCCCCCCCCCC(=O)OC(CCCC)CCCC(=O)O. The second kappa shape index (κ2) is 28.5. The molecule has 0 saturated carbocycles. The van der Waals surface area contributed by atoms with Gasteiger partial charge < -0.3 is 9.84 Å². The highest BCUT2D eigenvalue weighted by molar-refractivity contribution is 5.69. The average molecular weight is 517 g/mol. The summed E-state index contributed by atoms with van der Waals surface area (Å²) >= 11 is 0. The Balaban J connectivity index is 3.58. The molecule has 37 heavy (non-hydrogen) atoms. The van der Waals surface area contributed by atoms with Crippen LogP contribution in [0.25, 0.3) is 0 Å². The molecule has 0 aliphatic carbocycles. The summed E-state index contributed by atoms with van der Waals surface area (Å²) in [4.78, 5) is 22.9. The monoisotopic (exact) mass is 516 g/mol. The van der Waals surface area contributed by atoms with Gasteiger partial charge in [-0.15, -0.1) is 0 Å². The summed E-state index contributed by atoms with van der Waals surface area (Å²) in [6, 6.07) is 0. The van der Waals surface area contributed by atoms with Crippen LogP contribution in [0.15, 0.2) is 48.6 Å². The predicted molar refractivity (Wildman–Crippen MR) is 158 cm³/mol. The van der Waals surface area contributed by atoms with Gasteiger partial charge in [0.25, 0.3) is 0 Å². The zero-order valence-corrected chi connectivity index (χ0v) is 24.0. The zero-order chi connectivity index (χ0) is 27.2. The summed E-state index contributed by atoms with van der Waals surface area (Å²) in [6.45, 7) is 4.27. The topological polar surface area (TPSA) is 63.6 Å². The van der Waals surface area contributed by atoms with Crippen molar-refractivity contribution >= 4 is 11.9 Å². The first kappa shape index (κ1) is 34.9. The van der Waals surface area contributed by atoms with Gasteiger partial charge in [-0.1, -0.05) is 114 Å². The Morgan fingerprint density at radius 3 is 1.70 bits per heavy atom. The number of ether oxygens (including phenoxy) is 1. The Kier molecular flexibility index (Phi) is 26.9. The lowest BCUT2D eigenvalue weighted by molar-refractivity contribution is -0.150. The van der Waals surface area contributed by atoms with Crippen LogP contribution in [0.3, 0.4) is 0 Å². The largest absolute Gasteiger partial charge is 0.481 e. The van der Waals surface area contributed by atoms with Crippen LogP contribution in [-0.4, -0.2) is 23.1 Å². The molecule has 212 valence electrons. The number of carbonyl (C=O) groups excluding carboxylic acids is 1. The lowest BCUT2D eigenvalue weighted by Gasteiger charge is -2.17. The van der Waals surface area contributed by atoms with E-state index in [-0.39, 0.29) is 18.5 Å². The van der Waals surface area contributed by atoms with Gasteiger partial charge in [0, 0.05) is 12.8 Å². The Morgan fingerprint density at radius 1 is 0.622 bits per heavy atom. The molecule has 1 unspecified atom stereocenters. The fourth-order valence-electron chi connectivity index (χ4n) is 4.11. The van der Waals surface area contributed by atoms with E-state index in [2.05, 4.69) is 62.5 Å². The van der Waals surface area contributed by atoms with E-state index in [1.54, 1.807) is 0 Å². The number of aliphatic carboxylic acids is 1. The molecule has 0 saturated heterocycles. The fraction of sp³-hybridized carbons (Fsp3) is 0.697. The minimum absolute atomic E-state index is 0.118. The summed E-state index contributed by atoms with van der Waals surface area (Å²) in [5.41, 5.74) is 0. The van der Waals surface area contributed by atoms with Gasteiger partial charge >= 0.3 is 11.9 Å². The Labute approximate surface area is 228 Å². The normalized spacial score (nSPS) is 12.9. The lowest BCUT2D eigenvalue weighted by atomic mass is 10.1. The summed E-state index contributed by atoms with van der Waals surface area (Å²) in [7, 11) is 0. The number of unbranched alkanes of at least 4 members (excludes halogenated alkanes) is 9. The first-order valence-electron chi connectivity index (χ1n) is 15.1. The number of hydrogen-bond acceptors (Lipinski definition) is 3. The second-order valence-corrected chi connectivity index (χ2v) is 9.91. The van der Waals surface area contributed by atoms with Crippen LogP contribution in [-0.2, 0) is 14.3 Å². The highest BCUT2D eigenvalue weighted by atomic mass is 16.5. The minimum atomic E-state index is -0.786. The number of carboxylic acid groups (broad SMARTS) is 1. The standard InChI is InChI=1S/C33H56O4/c1-3-5-7-8-9-10-11-12-13-14-15-16-17-18-19-20-21-22-23-24-25-30-33(36)37-31(27-6-4-2)28-26-29-32(34)35/h5,7,9-10,12-13,15-16,31H,3-4,6,8,11,14,17-30H2,1-2H3,(H,34,35)/b7-5-,10-9-,13-12-,16-15-. The minimum Gasteiger partial charge on any atom is -0.481 e. The van der Waals surface area contributed by atoms with Crippen molar-refractivity contribution in [3.63, 3.8) is 0 Å². The molecule has 0 aromatic heterocycles. The van der Waals surface area contributed by atoms with Crippen LogP contribution in [0.4, 0.5) is 0 Å². The van der Waals surface area contributed by atoms with E-state index in [0.29, 0.717) is 19.3 Å². The molecule has 0 fully saturated rings.